The van der Waals surface area contributed by atoms with Crippen molar-refractivity contribution in [1.82, 2.24) is 0 Å². The number of hydrogen-bond donors (Lipinski definition) is 2. The van der Waals surface area contributed by atoms with Gasteiger partial charge in [-0.2, -0.15) is 0 Å². The van der Waals surface area contributed by atoms with Crippen LogP contribution in [0.25, 0.3) is 0 Å². The van der Waals surface area contributed by atoms with Crippen molar-refractivity contribution in [3.05, 3.63) is 35.9 Å². The lowest BCUT2D eigenvalue weighted by atomic mass is 10.1. The summed E-state index contributed by atoms with van der Waals surface area (Å²) in [6, 6.07) is 9.38. The first-order valence-corrected chi connectivity index (χ1v) is 6.22. The molecule has 0 spiro atoms. The Bertz CT molecular complexity index is 308. The van der Waals surface area contributed by atoms with Crippen molar-refractivity contribution in [2.24, 2.45) is 0 Å². The Labute approximate surface area is 111 Å². The van der Waals surface area contributed by atoms with Gasteiger partial charge in [0.2, 0.25) is 0 Å². The molecule has 3 unspecified atom stereocenters. The third-order valence-electron chi connectivity index (χ3n) is 2.29. The molecule has 0 aliphatic rings. The van der Waals surface area contributed by atoms with E-state index in [1.54, 1.807) is 0 Å². The molecule has 0 aromatic heterocycles. The molecule has 0 aliphatic heterocycles. The fraction of sp³-hybridized carbons (Fsp3) is 0.500. The number of rotatable bonds is 7. The van der Waals surface area contributed by atoms with E-state index in [1.165, 1.54) is 0 Å². The molecule has 1 aromatic rings. The topological polar surface area (TPSA) is 49.7 Å². The molecule has 0 heterocycles. The van der Waals surface area contributed by atoms with Gasteiger partial charge in [0.05, 0.1) is 30.6 Å². The smallest absolute Gasteiger partial charge is 0.101 e. The number of aliphatic hydroxyl groups excluding tert-OH is 2. The molecular formula is C12H16Cl2O3. The number of benzene rings is 1. The molecule has 0 saturated heterocycles. The molecule has 96 valence electrons. The number of halogens is 2. The van der Waals surface area contributed by atoms with Gasteiger partial charge < -0.3 is 14.9 Å². The van der Waals surface area contributed by atoms with E-state index in [0.29, 0.717) is 0 Å². The van der Waals surface area contributed by atoms with Crippen molar-refractivity contribution >= 4 is 23.2 Å². The summed E-state index contributed by atoms with van der Waals surface area (Å²) < 4.78 is 5.55. The van der Waals surface area contributed by atoms with Crippen LogP contribution in [0.4, 0.5) is 0 Å². The molecule has 3 nitrogen and oxygen atoms in total. The van der Waals surface area contributed by atoms with Crippen LogP contribution in [0.2, 0.25) is 0 Å². The highest BCUT2D eigenvalue weighted by molar-refractivity contribution is 6.21. The van der Waals surface area contributed by atoms with Gasteiger partial charge in [-0.05, 0) is 5.56 Å². The standard InChI is InChI=1S/C12H16Cl2O3/c13-10(6-15)8-17-12(11(14)7-16)9-4-2-1-3-5-9/h1-5,10-12,15-16H,6-8H2. The Morgan fingerprint density at radius 1 is 1.06 bits per heavy atom. The van der Waals surface area contributed by atoms with Crippen LogP contribution in [0.1, 0.15) is 11.7 Å². The van der Waals surface area contributed by atoms with E-state index >= 15 is 0 Å². The minimum atomic E-state index is -0.542. The van der Waals surface area contributed by atoms with Gasteiger partial charge in [0.25, 0.3) is 0 Å². The van der Waals surface area contributed by atoms with Gasteiger partial charge in [-0.3, -0.25) is 0 Å². The molecule has 5 heteroatoms. The van der Waals surface area contributed by atoms with Crippen LogP contribution >= 0.6 is 23.2 Å². The summed E-state index contributed by atoms with van der Waals surface area (Å²) in [5, 5.41) is 16.9. The molecule has 1 aromatic carbocycles. The average molecular weight is 279 g/mol. The molecule has 0 aliphatic carbocycles. The quantitative estimate of drug-likeness (QED) is 0.750. The number of ether oxygens (including phenoxy) is 1. The minimum absolute atomic E-state index is 0.158. The summed E-state index contributed by atoms with van der Waals surface area (Å²) in [6.07, 6.45) is -0.435. The molecule has 0 amide bonds. The summed E-state index contributed by atoms with van der Waals surface area (Å²) in [5.74, 6) is 0. The Hall–Kier alpha value is -0.320. The average Bonchev–Trinajstić information content (AvgIpc) is 2.39. The van der Waals surface area contributed by atoms with Crippen molar-refractivity contribution in [2.75, 3.05) is 19.8 Å². The van der Waals surface area contributed by atoms with Gasteiger partial charge in [0, 0.05) is 0 Å². The van der Waals surface area contributed by atoms with Crippen LogP contribution in [0, 0.1) is 0 Å². The van der Waals surface area contributed by atoms with E-state index in [0.717, 1.165) is 5.56 Å². The van der Waals surface area contributed by atoms with Gasteiger partial charge in [-0.25, -0.2) is 0 Å². The number of aliphatic hydroxyl groups is 2. The van der Waals surface area contributed by atoms with Crippen molar-refractivity contribution in [3.63, 3.8) is 0 Å². The summed E-state index contributed by atoms with van der Waals surface area (Å²) in [5.41, 5.74) is 0.878. The van der Waals surface area contributed by atoms with Gasteiger partial charge in [0.15, 0.2) is 0 Å². The third kappa shape index (κ3) is 4.82. The highest BCUT2D eigenvalue weighted by Crippen LogP contribution is 2.25. The number of hydrogen-bond acceptors (Lipinski definition) is 3. The Kier molecular flexibility index (Phi) is 6.85. The predicted octanol–water partition coefficient (Wildman–Crippen LogP) is 1.94. The Morgan fingerprint density at radius 3 is 2.24 bits per heavy atom. The summed E-state index contributed by atoms with van der Waals surface area (Å²) in [6.45, 7) is -0.164. The van der Waals surface area contributed by atoms with E-state index < -0.39 is 16.9 Å². The van der Waals surface area contributed by atoms with E-state index in [2.05, 4.69) is 0 Å². The fourth-order valence-corrected chi connectivity index (χ4v) is 1.70. The van der Waals surface area contributed by atoms with Crippen molar-refractivity contribution in [1.29, 1.82) is 0 Å². The van der Waals surface area contributed by atoms with Crippen molar-refractivity contribution < 1.29 is 14.9 Å². The van der Waals surface area contributed by atoms with Crippen LogP contribution < -0.4 is 0 Å². The highest BCUT2D eigenvalue weighted by Gasteiger charge is 2.22. The molecule has 3 atom stereocenters. The highest BCUT2D eigenvalue weighted by atomic mass is 35.5. The first kappa shape index (κ1) is 14.7. The molecule has 0 radical (unpaired) electrons. The van der Waals surface area contributed by atoms with Gasteiger partial charge in [-0.1, -0.05) is 30.3 Å². The predicted molar refractivity (Wildman–Crippen MR) is 68.6 cm³/mol. The molecule has 0 saturated carbocycles. The molecular weight excluding hydrogens is 263 g/mol. The van der Waals surface area contributed by atoms with Crippen LogP contribution in [-0.2, 0) is 4.74 Å². The Balaban J connectivity index is 2.68. The SMILES string of the molecule is OCC(Cl)COC(c1ccccc1)C(Cl)CO. The second-order valence-electron chi connectivity index (χ2n) is 3.64. The van der Waals surface area contributed by atoms with Crippen LogP contribution in [0.5, 0.6) is 0 Å². The molecule has 17 heavy (non-hydrogen) atoms. The first-order valence-electron chi connectivity index (χ1n) is 5.35. The normalized spacial score (nSPS) is 16.5. The number of alkyl halides is 2. The third-order valence-corrected chi connectivity index (χ3v) is 2.92. The van der Waals surface area contributed by atoms with Crippen LogP contribution in [0.15, 0.2) is 30.3 Å². The van der Waals surface area contributed by atoms with E-state index in [9.17, 15) is 0 Å². The summed E-state index contributed by atoms with van der Waals surface area (Å²) >= 11 is 11.8. The summed E-state index contributed by atoms with van der Waals surface area (Å²) in [4.78, 5) is 0. The maximum absolute atomic E-state index is 9.09. The van der Waals surface area contributed by atoms with Crippen molar-refractivity contribution in [3.8, 4) is 0 Å². The van der Waals surface area contributed by atoms with Crippen LogP contribution in [-0.4, -0.2) is 40.8 Å². The maximum atomic E-state index is 9.09. The second kappa shape index (κ2) is 7.90. The van der Waals surface area contributed by atoms with E-state index in [1.807, 2.05) is 30.3 Å². The molecule has 2 N–H and O–H groups in total. The first-order chi connectivity index (χ1) is 8.19. The maximum Gasteiger partial charge on any atom is 0.101 e. The van der Waals surface area contributed by atoms with Gasteiger partial charge in [-0.15, -0.1) is 23.2 Å². The lowest BCUT2D eigenvalue weighted by molar-refractivity contribution is 0.0320. The zero-order valence-corrected chi connectivity index (χ0v) is 10.8. The Morgan fingerprint density at radius 2 is 1.71 bits per heavy atom. The van der Waals surface area contributed by atoms with Crippen molar-refractivity contribution in [2.45, 2.75) is 16.9 Å². The molecule has 0 bridgehead atoms. The summed E-state index contributed by atoms with van der Waals surface area (Å²) in [7, 11) is 0. The largest absolute Gasteiger partial charge is 0.395 e. The van der Waals surface area contributed by atoms with Gasteiger partial charge >= 0.3 is 0 Å². The van der Waals surface area contributed by atoms with E-state index in [-0.39, 0.29) is 19.8 Å². The lowest BCUT2D eigenvalue weighted by Crippen LogP contribution is -2.24. The zero-order valence-electron chi connectivity index (χ0n) is 9.30. The molecule has 0 fully saturated rings. The second-order valence-corrected chi connectivity index (χ2v) is 4.82. The zero-order chi connectivity index (χ0) is 12.7. The van der Waals surface area contributed by atoms with E-state index in [4.69, 9.17) is 38.2 Å². The fourth-order valence-electron chi connectivity index (χ4n) is 1.41. The molecule has 1 rings (SSSR count). The van der Waals surface area contributed by atoms with Gasteiger partial charge in [0.1, 0.15) is 6.10 Å². The monoisotopic (exact) mass is 278 g/mol. The minimum Gasteiger partial charge on any atom is -0.395 e. The lowest BCUT2D eigenvalue weighted by Gasteiger charge is -2.22. The van der Waals surface area contributed by atoms with Crippen LogP contribution in [0.3, 0.4) is 0 Å².